The quantitative estimate of drug-likeness (QED) is 0.731. The molecule has 0 saturated carbocycles. The molecular weight excluding hydrogens is 348 g/mol. The van der Waals surface area contributed by atoms with Crippen molar-refractivity contribution in [3.05, 3.63) is 36.4 Å². The first kappa shape index (κ1) is 18.8. The SMILES string of the molecule is CCOc1ccc(N2CCN(C(=O)COc3cccc(OC)c3)CC2)nn1. The van der Waals surface area contributed by atoms with E-state index in [1.165, 1.54) is 0 Å². The van der Waals surface area contributed by atoms with Crippen molar-refractivity contribution < 1.29 is 19.0 Å². The zero-order chi connectivity index (χ0) is 19.1. The number of piperazine rings is 1. The van der Waals surface area contributed by atoms with Crippen molar-refractivity contribution in [1.29, 1.82) is 0 Å². The Bertz CT molecular complexity index is 746. The molecular formula is C19H24N4O4. The van der Waals surface area contributed by atoms with Gasteiger partial charge in [0.15, 0.2) is 12.4 Å². The molecule has 3 rings (SSSR count). The van der Waals surface area contributed by atoms with Gasteiger partial charge in [-0.05, 0) is 25.1 Å². The van der Waals surface area contributed by atoms with Gasteiger partial charge in [-0.25, -0.2) is 0 Å². The normalized spacial score (nSPS) is 14.0. The van der Waals surface area contributed by atoms with Crippen molar-refractivity contribution >= 4 is 11.7 Å². The Balaban J connectivity index is 1.47. The minimum atomic E-state index is -0.0322. The Labute approximate surface area is 158 Å². The maximum atomic E-state index is 12.4. The first-order valence-electron chi connectivity index (χ1n) is 8.95. The molecule has 0 unspecified atom stereocenters. The van der Waals surface area contributed by atoms with Crippen LogP contribution in [0.1, 0.15) is 6.92 Å². The number of carbonyl (C=O) groups is 1. The Morgan fingerprint density at radius 2 is 1.81 bits per heavy atom. The third-order valence-electron chi connectivity index (χ3n) is 4.28. The summed E-state index contributed by atoms with van der Waals surface area (Å²) >= 11 is 0. The van der Waals surface area contributed by atoms with E-state index < -0.39 is 0 Å². The fraction of sp³-hybridized carbons (Fsp3) is 0.421. The summed E-state index contributed by atoms with van der Waals surface area (Å²) in [6, 6.07) is 10.9. The van der Waals surface area contributed by atoms with E-state index in [2.05, 4.69) is 15.1 Å². The fourth-order valence-corrected chi connectivity index (χ4v) is 2.82. The minimum absolute atomic E-state index is 0.00995. The van der Waals surface area contributed by atoms with Gasteiger partial charge >= 0.3 is 0 Å². The van der Waals surface area contributed by atoms with E-state index in [0.717, 1.165) is 5.82 Å². The van der Waals surface area contributed by atoms with E-state index in [9.17, 15) is 4.79 Å². The summed E-state index contributed by atoms with van der Waals surface area (Å²) in [6.07, 6.45) is 0. The van der Waals surface area contributed by atoms with Crippen LogP contribution in [0.5, 0.6) is 17.4 Å². The number of benzene rings is 1. The summed E-state index contributed by atoms with van der Waals surface area (Å²) in [5.74, 6) is 2.59. The van der Waals surface area contributed by atoms with E-state index in [1.807, 2.05) is 31.2 Å². The van der Waals surface area contributed by atoms with Crippen LogP contribution < -0.4 is 19.1 Å². The van der Waals surface area contributed by atoms with Crippen molar-refractivity contribution in [3.8, 4) is 17.4 Å². The molecule has 0 atom stereocenters. The maximum Gasteiger partial charge on any atom is 0.260 e. The molecule has 1 aliphatic rings. The first-order valence-corrected chi connectivity index (χ1v) is 8.95. The van der Waals surface area contributed by atoms with E-state index in [0.29, 0.717) is 50.2 Å². The number of hydrogen-bond donors (Lipinski definition) is 0. The number of ether oxygens (including phenoxy) is 3. The molecule has 0 spiro atoms. The summed E-state index contributed by atoms with van der Waals surface area (Å²) in [7, 11) is 1.60. The number of amides is 1. The van der Waals surface area contributed by atoms with Gasteiger partial charge in [0.2, 0.25) is 5.88 Å². The summed E-state index contributed by atoms with van der Waals surface area (Å²) in [6.45, 7) is 5.12. The third-order valence-corrected chi connectivity index (χ3v) is 4.28. The second kappa shape index (κ2) is 9.07. The molecule has 1 saturated heterocycles. The molecule has 0 N–H and O–H groups in total. The Kier molecular flexibility index (Phi) is 6.30. The molecule has 1 aromatic carbocycles. The second-order valence-corrected chi connectivity index (χ2v) is 6.00. The standard InChI is InChI=1S/C19H24N4O4/c1-3-26-18-8-7-17(20-21-18)22-9-11-23(12-10-22)19(24)14-27-16-6-4-5-15(13-16)25-2/h4-8,13H,3,9-12,14H2,1-2H3. The molecule has 1 aliphatic heterocycles. The predicted octanol–water partition coefficient (Wildman–Crippen LogP) is 1.61. The van der Waals surface area contributed by atoms with Gasteiger partial charge in [-0.15, -0.1) is 10.2 Å². The summed E-state index contributed by atoms with van der Waals surface area (Å²) < 4.78 is 16.1. The van der Waals surface area contributed by atoms with Gasteiger partial charge in [0.25, 0.3) is 5.91 Å². The first-order chi connectivity index (χ1) is 13.2. The minimum Gasteiger partial charge on any atom is -0.497 e. The highest BCUT2D eigenvalue weighted by Gasteiger charge is 2.22. The largest absolute Gasteiger partial charge is 0.497 e. The molecule has 0 aliphatic carbocycles. The highest BCUT2D eigenvalue weighted by Crippen LogP contribution is 2.19. The van der Waals surface area contributed by atoms with Crippen LogP contribution in [0.2, 0.25) is 0 Å². The van der Waals surface area contributed by atoms with Gasteiger partial charge in [0, 0.05) is 38.3 Å². The predicted molar refractivity (Wildman–Crippen MR) is 100 cm³/mol. The van der Waals surface area contributed by atoms with E-state index in [-0.39, 0.29) is 12.5 Å². The topological polar surface area (TPSA) is 77.0 Å². The fourth-order valence-electron chi connectivity index (χ4n) is 2.82. The van der Waals surface area contributed by atoms with Gasteiger partial charge in [0.05, 0.1) is 13.7 Å². The Hall–Kier alpha value is -3.03. The molecule has 8 nitrogen and oxygen atoms in total. The number of aromatic nitrogens is 2. The summed E-state index contributed by atoms with van der Waals surface area (Å²) in [5, 5.41) is 8.24. The number of nitrogens with zero attached hydrogens (tertiary/aromatic N) is 4. The lowest BCUT2D eigenvalue weighted by Crippen LogP contribution is -2.50. The van der Waals surface area contributed by atoms with Crippen molar-refractivity contribution in [2.75, 3.05) is 51.4 Å². The molecule has 2 heterocycles. The number of carbonyl (C=O) groups excluding carboxylic acids is 1. The second-order valence-electron chi connectivity index (χ2n) is 6.00. The lowest BCUT2D eigenvalue weighted by Gasteiger charge is -2.35. The number of methoxy groups -OCH3 is 1. The zero-order valence-electron chi connectivity index (χ0n) is 15.6. The van der Waals surface area contributed by atoms with Crippen LogP contribution in [0.25, 0.3) is 0 Å². The molecule has 0 radical (unpaired) electrons. The molecule has 2 aromatic rings. The average Bonchev–Trinajstić information content (AvgIpc) is 2.73. The van der Waals surface area contributed by atoms with Crippen molar-refractivity contribution in [1.82, 2.24) is 15.1 Å². The molecule has 27 heavy (non-hydrogen) atoms. The van der Waals surface area contributed by atoms with Crippen LogP contribution in [-0.2, 0) is 4.79 Å². The van der Waals surface area contributed by atoms with Gasteiger partial charge in [-0.2, -0.15) is 0 Å². The van der Waals surface area contributed by atoms with Crippen LogP contribution in [0, 0.1) is 0 Å². The molecule has 8 heteroatoms. The van der Waals surface area contributed by atoms with E-state index >= 15 is 0 Å². The monoisotopic (exact) mass is 372 g/mol. The Morgan fingerprint density at radius 3 is 2.48 bits per heavy atom. The molecule has 0 bridgehead atoms. The van der Waals surface area contributed by atoms with Crippen LogP contribution in [0.15, 0.2) is 36.4 Å². The highest BCUT2D eigenvalue weighted by atomic mass is 16.5. The maximum absolute atomic E-state index is 12.4. The van der Waals surface area contributed by atoms with Gasteiger partial charge in [-0.3, -0.25) is 4.79 Å². The molecule has 1 amide bonds. The Morgan fingerprint density at radius 1 is 1.04 bits per heavy atom. The summed E-state index contributed by atoms with van der Waals surface area (Å²) in [4.78, 5) is 16.3. The smallest absolute Gasteiger partial charge is 0.260 e. The molecule has 1 fully saturated rings. The lowest BCUT2D eigenvalue weighted by molar-refractivity contribution is -0.133. The zero-order valence-corrected chi connectivity index (χ0v) is 15.6. The third kappa shape index (κ3) is 4.99. The van der Waals surface area contributed by atoms with Crippen LogP contribution in [-0.4, -0.2) is 67.5 Å². The van der Waals surface area contributed by atoms with Crippen LogP contribution in [0.3, 0.4) is 0 Å². The lowest BCUT2D eigenvalue weighted by atomic mass is 10.3. The highest BCUT2D eigenvalue weighted by molar-refractivity contribution is 5.78. The van der Waals surface area contributed by atoms with Crippen LogP contribution >= 0.6 is 0 Å². The number of hydrogen-bond acceptors (Lipinski definition) is 7. The van der Waals surface area contributed by atoms with Gasteiger partial charge in [-0.1, -0.05) is 6.07 Å². The van der Waals surface area contributed by atoms with Crippen molar-refractivity contribution in [3.63, 3.8) is 0 Å². The summed E-state index contributed by atoms with van der Waals surface area (Å²) in [5.41, 5.74) is 0. The van der Waals surface area contributed by atoms with E-state index in [4.69, 9.17) is 14.2 Å². The van der Waals surface area contributed by atoms with E-state index in [1.54, 1.807) is 24.1 Å². The van der Waals surface area contributed by atoms with Crippen LogP contribution in [0.4, 0.5) is 5.82 Å². The number of anilines is 1. The van der Waals surface area contributed by atoms with Crippen molar-refractivity contribution in [2.24, 2.45) is 0 Å². The average molecular weight is 372 g/mol. The van der Waals surface area contributed by atoms with Gasteiger partial charge in [0.1, 0.15) is 11.5 Å². The number of rotatable bonds is 7. The molecule has 1 aromatic heterocycles. The van der Waals surface area contributed by atoms with Crippen molar-refractivity contribution in [2.45, 2.75) is 6.92 Å². The van der Waals surface area contributed by atoms with Gasteiger partial charge < -0.3 is 24.0 Å². The molecule has 144 valence electrons.